The van der Waals surface area contributed by atoms with Gasteiger partial charge < -0.3 is 10.6 Å². The van der Waals surface area contributed by atoms with Gasteiger partial charge >= 0.3 is 0 Å². The molecule has 0 spiro atoms. The molecule has 1 aliphatic carbocycles. The standard InChI is InChI=1S/C9H10Br6N2O2/c1-7(2-3-7)4(16-5(18)8(10,11)12)17-6(19)9(13,14)15/h4H,2-3H2,1H3,(H,16,18)(H,17,19). The van der Waals surface area contributed by atoms with Gasteiger partial charge in [0, 0.05) is 5.41 Å². The Morgan fingerprint density at radius 2 is 1.26 bits per heavy atom. The number of rotatable bonds is 3. The van der Waals surface area contributed by atoms with Gasteiger partial charge in [-0.05, 0) is 108 Å². The minimum Gasteiger partial charge on any atom is -0.333 e. The summed E-state index contributed by atoms with van der Waals surface area (Å²) in [5.41, 5.74) is -0.123. The maximum absolute atomic E-state index is 11.9. The van der Waals surface area contributed by atoms with Gasteiger partial charge in [0.25, 0.3) is 11.8 Å². The molecule has 1 rings (SSSR count). The van der Waals surface area contributed by atoms with Crippen molar-refractivity contribution >= 4 is 107 Å². The van der Waals surface area contributed by atoms with Crippen LogP contribution in [-0.4, -0.2) is 22.3 Å². The minimum absolute atomic E-state index is 0.123. The summed E-state index contributed by atoms with van der Waals surface area (Å²) in [6.07, 6.45) is 1.43. The van der Waals surface area contributed by atoms with Crippen molar-refractivity contribution in [3.8, 4) is 0 Å². The highest BCUT2D eigenvalue weighted by Crippen LogP contribution is 2.48. The average Bonchev–Trinajstić information content (AvgIpc) is 2.93. The lowest BCUT2D eigenvalue weighted by Crippen LogP contribution is -2.56. The van der Waals surface area contributed by atoms with E-state index in [0.717, 1.165) is 12.8 Å². The molecule has 0 unspecified atom stereocenters. The summed E-state index contributed by atoms with van der Waals surface area (Å²) in [7, 11) is 0. The molecule has 0 bridgehead atoms. The van der Waals surface area contributed by atoms with Crippen molar-refractivity contribution in [3.05, 3.63) is 0 Å². The summed E-state index contributed by atoms with van der Waals surface area (Å²) < 4.78 is -2.09. The van der Waals surface area contributed by atoms with Crippen LogP contribution < -0.4 is 10.6 Å². The summed E-state index contributed by atoms with van der Waals surface area (Å²) in [4.78, 5) is 23.9. The molecule has 0 aromatic rings. The van der Waals surface area contributed by atoms with Crippen molar-refractivity contribution in [3.63, 3.8) is 0 Å². The second-order valence-electron chi connectivity index (χ2n) is 4.53. The summed E-state index contributed by atoms with van der Waals surface area (Å²) in [6, 6.07) is 0. The van der Waals surface area contributed by atoms with E-state index in [9.17, 15) is 9.59 Å². The van der Waals surface area contributed by atoms with E-state index in [1.54, 1.807) is 0 Å². The maximum atomic E-state index is 11.9. The molecule has 0 heterocycles. The minimum atomic E-state index is -1.05. The fourth-order valence-electron chi connectivity index (χ4n) is 1.30. The van der Waals surface area contributed by atoms with Gasteiger partial charge in [0.05, 0.1) is 0 Å². The summed E-state index contributed by atoms with van der Waals surface area (Å²) >= 11 is 18.9. The molecule has 0 aromatic heterocycles. The number of hydrogen-bond donors (Lipinski definition) is 2. The van der Waals surface area contributed by atoms with Crippen LogP contribution in [0.5, 0.6) is 0 Å². The van der Waals surface area contributed by atoms with E-state index in [-0.39, 0.29) is 17.2 Å². The Labute approximate surface area is 161 Å². The normalized spacial score (nSPS) is 18.1. The topological polar surface area (TPSA) is 58.2 Å². The van der Waals surface area contributed by atoms with Gasteiger partial charge in [0.1, 0.15) is 6.17 Å². The predicted octanol–water partition coefficient (Wildman–Crippen LogP) is 4.02. The maximum Gasteiger partial charge on any atom is 0.260 e. The van der Waals surface area contributed by atoms with Crippen LogP contribution >= 0.6 is 95.6 Å². The first-order valence-corrected chi connectivity index (χ1v) is 9.87. The summed E-state index contributed by atoms with van der Waals surface area (Å²) in [6.45, 7) is 2.01. The van der Waals surface area contributed by atoms with Crippen LogP contribution in [0.15, 0.2) is 0 Å². The van der Waals surface area contributed by atoms with Crippen LogP contribution in [0.4, 0.5) is 0 Å². The predicted molar refractivity (Wildman–Crippen MR) is 96.4 cm³/mol. The zero-order valence-corrected chi connectivity index (χ0v) is 19.1. The number of carbonyl (C=O) groups is 2. The van der Waals surface area contributed by atoms with Crippen molar-refractivity contribution in [2.75, 3.05) is 0 Å². The third-order valence-electron chi connectivity index (χ3n) is 2.80. The number of carbonyl (C=O) groups excluding carboxylic acids is 2. The largest absolute Gasteiger partial charge is 0.333 e. The highest BCUT2D eigenvalue weighted by atomic mass is 80.0. The number of halogens is 6. The van der Waals surface area contributed by atoms with E-state index >= 15 is 0 Å². The van der Waals surface area contributed by atoms with Crippen LogP contribution in [0.1, 0.15) is 19.8 Å². The molecule has 1 fully saturated rings. The van der Waals surface area contributed by atoms with Crippen molar-refractivity contribution < 1.29 is 9.59 Å². The van der Waals surface area contributed by atoms with Crippen molar-refractivity contribution in [2.45, 2.75) is 30.2 Å². The summed E-state index contributed by atoms with van der Waals surface area (Å²) in [5, 5.41) is 5.58. The molecular weight excluding hydrogens is 648 g/mol. The Hall–Kier alpha value is 1.82. The zero-order chi connectivity index (χ0) is 15.1. The van der Waals surface area contributed by atoms with Crippen LogP contribution in [0.3, 0.4) is 0 Å². The molecule has 1 saturated carbocycles. The zero-order valence-electron chi connectivity index (χ0n) is 9.58. The number of amides is 2. The Morgan fingerprint density at radius 3 is 1.47 bits per heavy atom. The van der Waals surface area contributed by atoms with Crippen LogP contribution in [0, 0.1) is 5.41 Å². The molecule has 0 aromatic carbocycles. The first-order valence-electron chi connectivity index (χ1n) is 5.12. The van der Waals surface area contributed by atoms with Gasteiger partial charge in [-0.1, -0.05) is 6.92 Å². The molecule has 10 heteroatoms. The molecule has 1 aliphatic rings. The monoisotopic (exact) mass is 652 g/mol. The highest BCUT2D eigenvalue weighted by molar-refractivity contribution is 9.40. The molecule has 0 aliphatic heterocycles. The quantitative estimate of drug-likeness (QED) is 0.356. The molecule has 110 valence electrons. The Bertz CT molecular complexity index is 357. The average molecular weight is 658 g/mol. The van der Waals surface area contributed by atoms with Gasteiger partial charge in [-0.25, -0.2) is 0 Å². The first kappa shape index (κ1) is 18.9. The third-order valence-corrected chi connectivity index (χ3v) is 4.96. The van der Waals surface area contributed by atoms with E-state index in [1.807, 2.05) is 6.92 Å². The van der Waals surface area contributed by atoms with E-state index in [4.69, 9.17) is 0 Å². The van der Waals surface area contributed by atoms with Gasteiger partial charge in [-0.3, -0.25) is 9.59 Å². The smallest absolute Gasteiger partial charge is 0.260 e. The molecule has 2 N–H and O–H groups in total. The van der Waals surface area contributed by atoms with E-state index in [1.165, 1.54) is 0 Å². The molecule has 4 nitrogen and oxygen atoms in total. The third kappa shape index (κ3) is 5.84. The second-order valence-corrected chi connectivity index (χ2v) is 18.1. The van der Waals surface area contributed by atoms with E-state index in [2.05, 4.69) is 106 Å². The van der Waals surface area contributed by atoms with Crippen LogP contribution in [0.25, 0.3) is 0 Å². The second kappa shape index (κ2) is 6.52. The molecular formula is C9H10Br6N2O2. The van der Waals surface area contributed by atoms with Crippen LogP contribution in [-0.2, 0) is 9.59 Å². The number of nitrogens with one attached hydrogen (secondary N) is 2. The van der Waals surface area contributed by atoms with Gasteiger partial charge in [0.15, 0.2) is 0 Å². The number of hydrogen-bond acceptors (Lipinski definition) is 2. The Morgan fingerprint density at radius 1 is 0.947 bits per heavy atom. The Kier molecular flexibility index (Phi) is 6.47. The fourth-order valence-corrected chi connectivity index (χ4v) is 1.98. The molecule has 0 saturated heterocycles. The van der Waals surface area contributed by atoms with E-state index in [0.29, 0.717) is 0 Å². The molecule has 0 atom stereocenters. The van der Waals surface area contributed by atoms with Crippen molar-refractivity contribution in [1.29, 1.82) is 0 Å². The highest BCUT2D eigenvalue weighted by Gasteiger charge is 2.49. The lowest BCUT2D eigenvalue weighted by molar-refractivity contribution is -0.123. The summed E-state index contributed by atoms with van der Waals surface area (Å²) in [5.74, 6) is -0.648. The van der Waals surface area contributed by atoms with E-state index < -0.39 is 10.5 Å². The number of alkyl halides is 6. The molecule has 2 amide bonds. The molecule has 0 radical (unpaired) electrons. The first-order chi connectivity index (χ1) is 8.36. The van der Waals surface area contributed by atoms with Gasteiger partial charge in [-0.2, -0.15) is 0 Å². The van der Waals surface area contributed by atoms with Gasteiger partial charge in [0.2, 0.25) is 4.29 Å². The molecule has 19 heavy (non-hydrogen) atoms. The van der Waals surface area contributed by atoms with Gasteiger partial charge in [-0.15, -0.1) is 0 Å². The SMILES string of the molecule is CC1(C(NC(=O)C(Br)(Br)Br)NC(=O)C(Br)(Br)Br)CC1. The Balaban J connectivity index is 2.75. The lowest BCUT2D eigenvalue weighted by atomic mass is 10.1. The van der Waals surface area contributed by atoms with Crippen molar-refractivity contribution in [1.82, 2.24) is 10.6 Å². The van der Waals surface area contributed by atoms with Crippen molar-refractivity contribution in [2.24, 2.45) is 5.41 Å². The van der Waals surface area contributed by atoms with Crippen LogP contribution in [0.2, 0.25) is 0 Å². The fraction of sp³-hybridized carbons (Fsp3) is 0.778. The lowest BCUT2D eigenvalue weighted by Gasteiger charge is -2.29.